The third kappa shape index (κ3) is 4.55. The van der Waals surface area contributed by atoms with Gasteiger partial charge in [0.1, 0.15) is 5.75 Å². The zero-order valence-electron chi connectivity index (χ0n) is 16.6. The Morgan fingerprint density at radius 2 is 1.71 bits per heavy atom. The maximum atomic E-state index is 5.92. The van der Waals surface area contributed by atoms with Gasteiger partial charge in [-0.3, -0.25) is 0 Å². The average Bonchev–Trinajstić information content (AvgIpc) is 2.75. The molecule has 1 N–H and O–H groups in total. The smallest absolute Gasteiger partial charge is 0.161 e. The van der Waals surface area contributed by atoms with E-state index in [0.29, 0.717) is 24.7 Å². The summed E-state index contributed by atoms with van der Waals surface area (Å²) in [5.41, 5.74) is 5.13. The number of benzene rings is 3. The first-order valence-electron chi connectivity index (χ1n) is 9.38. The lowest BCUT2D eigenvalue weighted by atomic mass is 10.0. The molecule has 5 heteroatoms. The van der Waals surface area contributed by atoms with Crippen LogP contribution >= 0.6 is 0 Å². The predicted molar refractivity (Wildman–Crippen MR) is 114 cm³/mol. The van der Waals surface area contributed by atoms with Crippen LogP contribution in [0.1, 0.15) is 24.5 Å². The van der Waals surface area contributed by atoms with Gasteiger partial charge in [-0.05, 0) is 41.0 Å². The number of ether oxygens (including phenoxy) is 3. The van der Waals surface area contributed by atoms with Gasteiger partial charge < -0.3 is 19.6 Å². The Hall–Kier alpha value is -3.21. The fraction of sp³-hybridized carbons (Fsp3) is 0.261. The molecule has 3 rings (SSSR count). The molecule has 0 fully saturated rings. The van der Waals surface area contributed by atoms with Crippen molar-refractivity contribution in [3.63, 3.8) is 0 Å². The molecule has 146 valence electrons. The lowest BCUT2D eigenvalue weighted by Crippen LogP contribution is -2.07. The van der Waals surface area contributed by atoms with Crippen LogP contribution in [0.4, 0.5) is 0 Å². The van der Waals surface area contributed by atoms with E-state index in [9.17, 15) is 0 Å². The molecule has 0 aliphatic heterocycles. The van der Waals surface area contributed by atoms with E-state index in [1.807, 2.05) is 42.6 Å². The normalized spacial score (nSPS) is 11.0. The highest BCUT2D eigenvalue weighted by molar-refractivity contribution is 6.02. The molecule has 0 amide bonds. The maximum absolute atomic E-state index is 5.92. The molecule has 5 nitrogen and oxygen atoms in total. The Balaban J connectivity index is 1.77. The monoisotopic (exact) mass is 378 g/mol. The van der Waals surface area contributed by atoms with Gasteiger partial charge in [-0.1, -0.05) is 43.3 Å². The number of methoxy groups -OCH3 is 2. The van der Waals surface area contributed by atoms with Crippen LogP contribution in [0.5, 0.6) is 17.2 Å². The summed E-state index contributed by atoms with van der Waals surface area (Å²) in [5, 5.41) is 6.70. The third-order valence-electron chi connectivity index (χ3n) is 4.41. The molecule has 28 heavy (non-hydrogen) atoms. The molecule has 0 unspecified atom stereocenters. The van der Waals surface area contributed by atoms with Gasteiger partial charge in [0, 0.05) is 5.56 Å². The number of fused-ring (bicyclic) bond motifs is 1. The molecular formula is C23H26N2O3. The molecule has 0 radical (unpaired) electrons. The Labute approximate surface area is 165 Å². The minimum atomic E-state index is 0.576. The maximum Gasteiger partial charge on any atom is 0.161 e. The van der Waals surface area contributed by atoms with Crippen molar-refractivity contribution in [1.82, 2.24) is 5.43 Å². The fourth-order valence-corrected chi connectivity index (χ4v) is 2.98. The lowest BCUT2D eigenvalue weighted by Gasteiger charge is -2.11. The Morgan fingerprint density at radius 1 is 0.929 bits per heavy atom. The standard InChI is InChI=1S/C23H26N2O3/c1-4-13-28-21-12-10-18-7-5-6-8-19(18)20(21)16-25-24-15-17-9-11-22(26-2)23(14-17)27-3/h5-12,14,16,24H,4,13,15H2,1-3H3/b25-16-. The van der Waals surface area contributed by atoms with Gasteiger partial charge in [0.25, 0.3) is 0 Å². The largest absolute Gasteiger partial charge is 0.493 e. The summed E-state index contributed by atoms with van der Waals surface area (Å²) >= 11 is 0. The molecule has 0 spiro atoms. The van der Waals surface area contributed by atoms with Crippen molar-refractivity contribution in [2.45, 2.75) is 19.9 Å². The van der Waals surface area contributed by atoms with Crippen molar-refractivity contribution < 1.29 is 14.2 Å². The first-order chi connectivity index (χ1) is 13.8. The van der Waals surface area contributed by atoms with Crippen molar-refractivity contribution in [3.8, 4) is 17.2 Å². The van der Waals surface area contributed by atoms with Crippen molar-refractivity contribution in [2.24, 2.45) is 5.10 Å². The second-order valence-corrected chi connectivity index (χ2v) is 6.33. The predicted octanol–water partition coefficient (Wildman–Crippen LogP) is 4.77. The van der Waals surface area contributed by atoms with E-state index in [0.717, 1.165) is 34.1 Å². The molecule has 0 aliphatic rings. The highest BCUT2D eigenvalue weighted by Crippen LogP contribution is 2.28. The van der Waals surface area contributed by atoms with Gasteiger partial charge >= 0.3 is 0 Å². The Kier molecular flexibility index (Phi) is 6.73. The summed E-state index contributed by atoms with van der Waals surface area (Å²) in [7, 11) is 3.26. The number of nitrogens with zero attached hydrogens (tertiary/aromatic N) is 1. The molecule has 0 heterocycles. The van der Waals surface area contributed by atoms with E-state index in [1.165, 1.54) is 0 Å². The second-order valence-electron chi connectivity index (χ2n) is 6.33. The molecule has 3 aromatic carbocycles. The van der Waals surface area contributed by atoms with Crippen LogP contribution in [0.2, 0.25) is 0 Å². The van der Waals surface area contributed by atoms with Crippen LogP contribution < -0.4 is 19.6 Å². The summed E-state index contributed by atoms with van der Waals surface area (Å²) in [5.74, 6) is 2.26. The van der Waals surface area contributed by atoms with Crippen molar-refractivity contribution in [3.05, 3.63) is 65.7 Å². The number of hydrogen-bond acceptors (Lipinski definition) is 5. The third-order valence-corrected chi connectivity index (χ3v) is 4.41. The van der Waals surface area contributed by atoms with Gasteiger partial charge in [0.15, 0.2) is 11.5 Å². The lowest BCUT2D eigenvalue weighted by molar-refractivity contribution is 0.317. The highest BCUT2D eigenvalue weighted by Gasteiger charge is 2.07. The molecule has 0 saturated heterocycles. The van der Waals surface area contributed by atoms with E-state index < -0.39 is 0 Å². The van der Waals surface area contributed by atoms with E-state index in [2.05, 4.69) is 35.7 Å². The number of hydrogen-bond donors (Lipinski definition) is 1. The summed E-state index contributed by atoms with van der Waals surface area (Å²) in [6.07, 6.45) is 2.79. The first kappa shape index (κ1) is 19.5. The van der Waals surface area contributed by atoms with Crippen molar-refractivity contribution in [1.29, 1.82) is 0 Å². The van der Waals surface area contributed by atoms with Gasteiger partial charge in [-0.2, -0.15) is 5.10 Å². The topological polar surface area (TPSA) is 52.1 Å². The summed E-state index contributed by atoms with van der Waals surface area (Å²) in [6, 6.07) is 18.1. The van der Waals surface area contributed by atoms with Crippen LogP contribution in [0, 0.1) is 0 Å². The molecule has 0 bridgehead atoms. The molecule has 0 saturated carbocycles. The molecule has 0 atom stereocenters. The average molecular weight is 378 g/mol. The Bertz CT molecular complexity index is 954. The summed E-state index contributed by atoms with van der Waals surface area (Å²) < 4.78 is 16.5. The van der Waals surface area contributed by atoms with Crippen LogP contribution in [0.25, 0.3) is 10.8 Å². The van der Waals surface area contributed by atoms with Gasteiger partial charge in [-0.15, -0.1) is 0 Å². The van der Waals surface area contributed by atoms with E-state index in [1.54, 1.807) is 14.2 Å². The molecule has 0 aliphatic carbocycles. The van der Waals surface area contributed by atoms with Gasteiger partial charge in [0.05, 0.1) is 33.6 Å². The van der Waals surface area contributed by atoms with E-state index >= 15 is 0 Å². The minimum Gasteiger partial charge on any atom is -0.493 e. The van der Waals surface area contributed by atoms with Gasteiger partial charge in [0.2, 0.25) is 0 Å². The molecular weight excluding hydrogens is 352 g/mol. The zero-order valence-corrected chi connectivity index (χ0v) is 16.6. The summed E-state index contributed by atoms with van der Waals surface area (Å²) in [4.78, 5) is 0. The van der Waals surface area contributed by atoms with Crippen molar-refractivity contribution >= 4 is 17.0 Å². The van der Waals surface area contributed by atoms with Crippen LogP contribution in [0.15, 0.2) is 59.7 Å². The van der Waals surface area contributed by atoms with Crippen LogP contribution in [-0.2, 0) is 6.54 Å². The van der Waals surface area contributed by atoms with Crippen LogP contribution in [0.3, 0.4) is 0 Å². The Morgan fingerprint density at radius 3 is 2.50 bits per heavy atom. The zero-order chi connectivity index (χ0) is 19.8. The van der Waals surface area contributed by atoms with Crippen molar-refractivity contribution in [2.75, 3.05) is 20.8 Å². The highest BCUT2D eigenvalue weighted by atomic mass is 16.5. The second kappa shape index (κ2) is 9.65. The van der Waals surface area contributed by atoms with E-state index in [-0.39, 0.29) is 0 Å². The van der Waals surface area contributed by atoms with Gasteiger partial charge in [-0.25, -0.2) is 0 Å². The molecule has 0 aromatic heterocycles. The summed E-state index contributed by atoms with van der Waals surface area (Å²) in [6.45, 7) is 3.35. The minimum absolute atomic E-state index is 0.576. The van der Waals surface area contributed by atoms with Crippen LogP contribution in [-0.4, -0.2) is 27.0 Å². The fourth-order valence-electron chi connectivity index (χ4n) is 2.98. The van der Waals surface area contributed by atoms with E-state index in [4.69, 9.17) is 14.2 Å². The number of hydrazone groups is 1. The SMILES string of the molecule is CCCOc1ccc2ccccc2c1/C=N\NCc1ccc(OC)c(OC)c1. The molecule has 3 aromatic rings. The number of rotatable bonds is 9. The number of nitrogens with one attached hydrogen (secondary N) is 1. The first-order valence-corrected chi connectivity index (χ1v) is 9.38. The quantitative estimate of drug-likeness (QED) is 0.430.